The molecule has 2 aromatic carbocycles. The predicted molar refractivity (Wildman–Crippen MR) is 124 cm³/mol. The van der Waals surface area contributed by atoms with E-state index in [1.807, 2.05) is 61.5 Å². The monoisotopic (exact) mass is 427 g/mol. The maximum atomic E-state index is 13.2. The van der Waals surface area contributed by atoms with E-state index < -0.39 is 0 Å². The van der Waals surface area contributed by atoms with Gasteiger partial charge in [-0.05, 0) is 38.3 Å². The SMILES string of the molecule is Cc1ccc(-n2cc(C(=O)Nc3nc(N4CCCCC4)n[nH]3)c(-c3ccccc3)n2)cc1. The lowest BCUT2D eigenvalue weighted by molar-refractivity contribution is 0.102. The van der Waals surface area contributed by atoms with Gasteiger partial charge in [0.25, 0.3) is 5.91 Å². The van der Waals surface area contributed by atoms with Gasteiger partial charge in [-0.3, -0.25) is 10.1 Å². The molecule has 0 spiro atoms. The highest BCUT2D eigenvalue weighted by Gasteiger charge is 2.21. The van der Waals surface area contributed by atoms with Gasteiger partial charge < -0.3 is 4.90 Å². The molecule has 5 rings (SSSR count). The second kappa shape index (κ2) is 8.66. The Kier molecular flexibility index (Phi) is 5.41. The summed E-state index contributed by atoms with van der Waals surface area (Å²) in [6.45, 7) is 3.91. The van der Waals surface area contributed by atoms with E-state index in [-0.39, 0.29) is 5.91 Å². The van der Waals surface area contributed by atoms with E-state index >= 15 is 0 Å². The van der Waals surface area contributed by atoms with Crippen LogP contribution in [0.2, 0.25) is 0 Å². The Labute approximate surface area is 186 Å². The quantitative estimate of drug-likeness (QED) is 0.498. The second-order valence-corrected chi connectivity index (χ2v) is 8.02. The summed E-state index contributed by atoms with van der Waals surface area (Å²) in [7, 11) is 0. The number of nitrogens with zero attached hydrogens (tertiary/aromatic N) is 5. The molecule has 1 fully saturated rings. The molecule has 8 heteroatoms. The van der Waals surface area contributed by atoms with E-state index in [1.54, 1.807) is 10.9 Å². The molecule has 0 unspecified atom stereocenters. The lowest BCUT2D eigenvalue weighted by atomic mass is 10.1. The van der Waals surface area contributed by atoms with Crippen LogP contribution < -0.4 is 10.2 Å². The first-order valence-electron chi connectivity index (χ1n) is 10.9. The van der Waals surface area contributed by atoms with Gasteiger partial charge in [0.15, 0.2) is 0 Å². The molecule has 1 aliphatic heterocycles. The van der Waals surface area contributed by atoms with Gasteiger partial charge in [-0.2, -0.15) is 10.1 Å². The minimum Gasteiger partial charge on any atom is -0.340 e. The Hall–Kier alpha value is -3.94. The van der Waals surface area contributed by atoms with E-state index in [1.165, 1.54) is 6.42 Å². The van der Waals surface area contributed by atoms with Gasteiger partial charge in [0.2, 0.25) is 11.9 Å². The fraction of sp³-hybridized carbons (Fsp3) is 0.250. The summed E-state index contributed by atoms with van der Waals surface area (Å²) in [6, 6.07) is 17.7. The molecule has 2 aromatic heterocycles. The number of aromatic nitrogens is 5. The molecule has 1 aliphatic rings. The number of amides is 1. The molecular formula is C24H25N7O. The fourth-order valence-electron chi connectivity index (χ4n) is 3.90. The van der Waals surface area contributed by atoms with Crippen molar-refractivity contribution in [1.29, 1.82) is 0 Å². The van der Waals surface area contributed by atoms with Crippen LogP contribution in [0.5, 0.6) is 0 Å². The number of aryl methyl sites for hydroxylation is 1. The van der Waals surface area contributed by atoms with Crippen molar-refractivity contribution < 1.29 is 4.79 Å². The molecule has 1 amide bonds. The van der Waals surface area contributed by atoms with Crippen LogP contribution in [0.3, 0.4) is 0 Å². The van der Waals surface area contributed by atoms with Gasteiger partial charge in [0.1, 0.15) is 5.69 Å². The minimum atomic E-state index is -0.288. The number of anilines is 2. The highest BCUT2D eigenvalue weighted by Crippen LogP contribution is 2.25. The minimum absolute atomic E-state index is 0.288. The van der Waals surface area contributed by atoms with Gasteiger partial charge in [-0.15, -0.1) is 5.10 Å². The summed E-state index contributed by atoms with van der Waals surface area (Å²) >= 11 is 0. The van der Waals surface area contributed by atoms with E-state index in [4.69, 9.17) is 5.10 Å². The largest absolute Gasteiger partial charge is 0.340 e. The number of hydrogen-bond acceptors (Lipinski definition) is 5. The van der Waals surface area contributed by atoms with Crippen molar-refractivity contribution in [2.75, 3.05) is 23.3 Å². The predicted octanol–water partition coefficient (Wildman–Crippen LogP) is 4.21. The number of carbonyl (C=O) groups is 1. The highest BCUT2D eigenvalue weighted by molar-refractivity contribution is 6.07. The second-order valence-electron chi connectivity index (χ2n) is 8.02. The maximum absolute atomic E-state index is 13.2. The van der Waals surface area contributed by atoms with Crippen molar-refractivity contribution in [2.24, 2.45) is 0 Å². The summed E-state index contributed by atoms with van der Waals surface area (Å²) in [5.74, 6) is 0.667. The summed E-state index contributed by atoms with van der Waals surface area (Å²) in [5.41, 5.74) is 4.00. The Morgan fingerprint density at radius 3 is 2.50 bits per heavy atom. The molecule has 0 saturated carbocycles. The average Bonchev–Trinajstić information content (AvgIpc) is 3.49. The van der Waals surface area contributed by atoms with Crippen molar-refractivity contribution in [2.45, 2.75) is 26.2 Å². The van der Waals surface area contributed by atoms with Gasteiger partial charge in [-0.1, -0.05) is 48.0 Å². The van der Waals surface area contributed by atoms with Crippen LogP contribution in [-0.2, 0) is 0 Å². The van der Waals surface area contributed by atoms with Crippen LogP contribution in [-0.4, -0.2) is 44.0 Å². The normalized spacial score (nSPS) is 13.8. The number of rotatable bonds is 5. The topological polar surface area (TPSA) is 91.7 Å². The van der Waals surface area contributed by atoms with Gasteiger partial charge in [0.05, 0.1) is 11.3 Å². The first-order valence-corrected chi connectivity index (χ1v) is 10.9. The number of hydrogen-bond donors (Lipinski definition) is 2. The van der Waals surface area contributed by atoms with Gasteiger partial charge in [-0.25, -0.2) is 9.78 Å². The zero-order valence-electron chi connectivity index (χ0n) is 18.0. The third kappa shape index (κ3) is 4.12. The van der Waals surface area contributed by atoms with Crippen molar-refractivity contribution >= 4 is 17.8 Å². The molecule has 0 radical (unpaired) electrons. The Morgan fingerprint density at radius 2 is 1.75 bits per heavy atom. The number of benzene rings is 2. The highest BCUT2D eigenvalue weighted by atomic mass is 16.1. The third-order valence-corrected chi connectivity index (χ3v) is 5.65. The van der Waals surface area contributed by atoms with Gasteiger partial charge >= 0.3 is 0 Å². The number of nitrogens with one attached hydrogen (secondary N) is 2. The molecule has 162 valence electrons. The Bertz CT molecular complexity index is 1200. The van der Waals surface area contributed by atoms with Crippen LogP contribution in [0.25, 0.3) is 16.9 Å². The first-order chi connectivity index (χ1) is 15.7. The molecule has 1 saturated heterocycles. The first kappa shape index (κ1) is 20.0. The van der Waals surface area contributed by atoms with Crippen LogP contribution in [0.1, 0.15) is 35.2 Å². The molecule has 32 heavy (non-hydrogen) atoms. The lowest BCUT2D eigenvalue weighted by Gasteiger charge is -2.24. The smallest absolute Gasteiger partial charge is 0.261 e. The third-order valence-electron chi connectivity index (χ3n) is 5.65. The number of piperidine rings is 1. The molecule has 0 aliphatic carbocycles. The van der Waals surface area contributed by atoms with E-state index in [2.05, 4.69) is 25.4 Å². The molecule has 2 N–H and O–H groups in total. The van der Waals surface area contributed by atoms with Crippen molar-refractivity contribution in [3.63, 3.8) is 0 Å². The molecule has 4 aromatic rings. The average molecular weight is 428 g/mol. The van der Waals surface area contributed by atoms with Crippen LogP contribution in [0.15, 0.2) is 60.8 Å². The standard InChI is InChI=1S/C24H25N7O/c1-17-10-12-19(13-11-17)31-16-20(21(29-31)18-8-4-2-5-9-18)22(32)25-23-26-24(28-27-23)30-14-6-3-7-15-30/h2,4-5,8-13,16H,3,6-7,14-15H2,1H3,(H2,25,26,27,28,32). The number of H-pyrrole nitrogens is 1. The van der Waals surface area contributed by atoms with Crippen molar-refractivity contribution in [3.05, 3.63) is 71.9 Å². The van der Waals surface area contributed by atoms with Crippen LogP contribution in [0.4, 0.5) is 11.9 Å². The van der Waals surface area contributed by atoms with Crippen molar-refractivity contribution in [3.8, 4) is 16.9 Å². The molecule has 0 bridgehead atoms. The summed E-state index contributed by atoms with van der Waals surface area (Å²) in [6.07, 6.45) is 5.26. The van der Waals surface area contributed by atoms with Crippen molar-refractivity contribution in [1.82, 2.24) is 25.0 Å². The Balaban J connectivity index is 1.44. The lowest BCUT2D eigenvalue weighted by Crippen LogP contribution is -2.30. The van der Waals surface area contributed by atoms with E-state index in [0.29, 0.717) is 23.2 Å². The number of carbonyl (C=O) groups excluding carboxylic acids is 1. The summed E-state index contributed by atoms with van der Waals surface area (Å²) in [4.78, 5) is 19.8. The molecule has 0 atom stereocenters. The fourth-order valence-corrected chi connectivity index (χ4v) is 3.90. The molecule has 8 nitrogen and oxygen atoms in total. The summed E-state index contributed by atoms with van der Waals surface area (Å²) in [5, 5.41) is 14.7. The summed E-state index contributed by atoms with van der Waals surface area (Å²) < 4.78 is 1.73. The zero-order chi connectivity index (χ0) is 21.9. The van der Waals surface area contributed by atoms with Gasteiger partial charge in [0, 0.05) is 24.8 Å². The van der Waals surface area contributed by atoms with Crippen LogP contribution in [0, 0.1) is 6.92 Å². The molecule has 3 heterocycles. The molecular weight excluding hydrogens is 402 g/mol. The Morgan fingerprint density at radius 1 is 1.00 bits per heavy atom. The maximum Gasteiger partial charge on any atom is 0.261 e. The zero-order valence-corrected chi connectivity index (χ0v) is 18.0. The van der Waals surface area contributed by atoms with E-state index in [9.17, 15) is 4.79 Å². The number of aromatic amines is 1. The van der Waals surface area contributed by atoms with E-state index in [0.717, 1.165) is 42.7 Å². The van der Waals surface area contributed by atoms with Crippen LogP contribution >= 0.6 is 0 Å².